The number of methoxy groups -OCH3 is 1. The smallest absolute Gasteiger partial charge is 0.260 e. The van der Waals surface area contributed by atoms with Crippen LogP contribution in [0.5, 0.6) is 11.5 Å². The van der Waals surface area contributed by atoms with Crippen molar-refractivity contribution in [1.29, 1.82) is 0 Å². The fourth-order valence-corrected chi connectivity index (χ4v) is 1.60. The Kier molecular flexibility index (Phi) is 7.77. The summed E-state index contributed by atoms with van der Waals surface area (Å²) >= 11 is 0. The van der Waals surface area contributed by atoms with Crippen molar-refractivity contribution in [2.45, 2.75) is 19.4 Å². The second-order valence-corrected chi connectivity index (χ2v) is 4.64. The Labute approximate surface area is 129 Å². The molecule has 0 aliphatic heterocycles. The van der Waals surface area contributed by atoms with Gasteiger partial charge < -0.3 is 25.2 Å². The zero-order chi connectivity index (χ0) is 16.4. The first-order chi connectivity index (χ1) is 10.5. The van der Waals surface area contributed by atoms with Crippen LogP contribution in [0.25, 0.3) is 0 Å². The van der Waals surface area contributed by atoms with Gasteiger partial charge in [0.1, 0.15) is 11.5 Å². The monoisotopic (exact) mass is 310 g/mol. The number of nitrogens with one attached hydrogen (secondary N) is 2. The number of benzene rings is 1. The maximum Gasteiger partial charge on any atom is 0.260 e. The largest absolute Gasteiger partial charge is 0.508 e. The van der Waals surface area contributed by atoms with Gasteiger partial charge in [0.05, 0.1) is 6.61 Å². The Hall–Kier alpha value is -2.28. The normalized spacial score (nSPS) is 11.5. The lowest BCUT2D eigenvalue weighted by Crippen LogP contribution is -2.40. The van der Waals surface area contributed by atoms with Crippen LogP contribution in [0.2, 0.25) is 0 Å². The Bertz CT molecular complexity index is 475. The molecule has 1 rings (SSSR count). The molecule has 7 nitrogen and oxygen atoms in total. The van der Waals surface area contributed by atoms with Gasteiger partial charge in [0.15, 0.2) is 6.10 Å². The molecule has 0 heterocycles. The van der Waals surface area contributed by atoms with E-state index < -0.39 is 6.10 Å². The van der Waals surface area contributed by atoms with E-state index in [0.29, 0.717) is 31.9 Å². The molecule has 1 aromatic carbocycles. The van der Waals surface area contributed by atoms with E-state index in [1.807, 2.05) is 0 Å². The molecule has 122 valence electrons. The molecule has 0 saturated heterocycles. The number of rotatable bonds is 9. The van der Waals surface area contributed by atoms with Crippen molar-refractivity contribution in [1.82, 2.24) is 10.6 Å². The first-order valence-corrected chi connectivity index (χ1v) is 7.02. The number of ether oxygens (including phenoxy) is 2. The van der Waals surface area contributed by atoms with Crippen LogP contribution in [0, 0.1) is 0 Å². The summed E-state index contributed by atoms with van der Waals surface area (Å²) in [4.78, 5) is 23.1. The molecular formula is C15H22N2O5. The van der Waals surface area contributed by atoms with Crippen molar-refractivity contribution in [3.8, 4) is 11.5 Å². The van der Waals surface area contributed by atoms with Gasteiger partial charge in [0, 0.05) is 26.6 Å². The van der Waals surface area contributed by atoms with Gasteiger partial charge in [-0.25, -0.2) is 0 Å². The standard InChI is InChI=1S/C15H22N2O5/c1-11(22-13-5-3-12(18)4-6-13)15(20)17-9-8-16-14(19)7-10-21-2/h3-6,11,18H,7-10H2,1-2H3,(H,16,19)(H,17,20). The van der Waals surface area contributed by atoms with Crippen molar-refractivity contribution in [3.05, 3.63) is 24.3 Å². The molecule has 0 saturated carbocycles. The topological polar surface area (TPSA) is 96.9 Å². The van der Waals surface area contributed by atoms with Gasteiger partial charge in [0.25, 0.3) is 5.91 Å². The lowest BCUT2D eigenvalue weighted by Gasteiger charge is -2.15. The lowest BCUT2D eigenvalue weighted by molar-refractivity contribution is -0.127. The average Bonchev–Trinajstić information content (AvgIpc) is 2.51. The molecule has 1 unspecified atom stereocenters. The third-order valence-electron chi connectivity index (χ3n) is 2.80. The van der Waals surface area contributed by atoms with Crippen LogP contribution in [0.1, 0.15) is 13.3 Å². The van der Waals surface area contributed by atoms with Gasteiger partial charge in [-0.05, 0) is 31.2 Å². The molecule has 0 spiro atoms. The number of carbonyl (C=O) groups is 2. The summed E-state index contributed by atoms with van der Waals surface area (Å²) in [7, 11) is 1.53. The van der Waals surface area contributed by atoms with E-state index >= 15 is 0 Å². The molecule has 0 bridgehead atoms. The molecule has 22 heavy (non-hydrogen) atoms. The number of carbonyl (C=O) groups excluding carboxylic acids is 2. The minimum atomic E-state index is -0.672. The van der Waals surface area contributed by atoms with E-state index in [-0.39, 0.29) is 17.6 Å². The van der Waals surface area contributed by atoms with Gasteiger partial charge in [-0.1, -0.05) is 0 Å². The molecule has 3 N–H and O–H groups in total. The highest BCUT2D eigenvalue weighted by Gasteiger charge is 2.14. The van der Waals surface area contributed by atoms with Crippen LogP contribution in [0.3, 0.4) is 0 Å². The maximum absolute atomic E-state index is 11.8. The SMILES string of the molecule is COCCC(=O)NCCNC(=O)C(C)Oc1ccc(O)cc1. The summed E-state index contributed by atoms with van der Waals surface area (Å²) in [6.07, 6.45) is -0.376. The van der Waals surface area contributed by atoms with Gasteiger partial charge in [-0.2, -0.15) is 0 Å². The number of phenolic OH excluding ortho intramolecular Hbond substituents is 1. The van der Waals surface area contributed by atoms with Crippen molar-refractivity contribution < 1.29 is 24.2 Å². The molecule has 2 amide bonds. The fraction of sp³-hybridized carbons (Fsp3) is 0.467. The third-order valence-corrected chi connectivity index (χ3v) is 2.80. The van der Waals surface area contributed by atoms with Crippen LogP contribution in [-0.2, 0) is 14.3 Å². The first kappa shape index (κ1) is 17.8. The quantitative estimate of drug-likeness (QED) is 0.575. The lowest BCUT2D eigenvalue weighted by atomic mass is 10.3. The van der Waals surface area contributed by atoms with Crippen LogP contribution in [-0.4, -0.2) is 49.8 Å². The Morgan fingerprint density at radius 3 is 2.45 bits per heavy atom. The maximum atomic E-state index is 11.8. The molecular weight excluding hydrogens is 288 g/mol. The Morgan fingerprint density at radius 2 is 1.82 bits per heavy atom. The van der Waals surface area contributed by atoms with E-state index in [1.165, 1.54) is 19.2 Å². The van der Waals surface area contributed by atoms with Gasteiger partial charge in [0.2, 0.25) is 5.91 Å². The van der Waals surface area contributed by atoms with Crippen molar-refractivity contribution in [3.63, 3.8) is 0 Å². The molecule has 7 heteroatoms. The zero-order valence-electron chi connectivity index (χ0n) is 12.8. The number of hydrogen-bond donors (Lipinski definition) is 3. The summed E-state index contributed by atoms with van der Waals surface area (Å²) in [6.45, 7) is 2.66. The fourth-order valence-electron chi connectivity index (χ4n) is 1.60. The van der Waals surface area contributed by atoms with E-state index in [1.54, 1.807) is 19.1 Å². The van der Waals surface area contributed by atoms with Crippen LogP contribution in [0.4, 0.5) is 0 Å². The Balaban J connectivity index is 2.21. The van der Waals surface area contributed by atoms with E-state index in [2.05, 4.69) is 10.6 Å². The minimum Gasteiger partial charge on any atom is -0.508 e. The molecule has 1 aromatic rings. The Morgan fingerprint density at radius 1 is 1.18 bits per heavy atom. The molecule has 1 atom stereocenters. The van der Waals surface area contributed by atoms with E-state index in [4.69, 9.17) is 14.6 Å². The third kappa shape index (κ3) is 6.94. The highest BCUT2D eigenvalue weighted by molar-refractivity contribution is 5.80. The highest BCUT2D eigenvalue weighted by Crippen LogP contribution is 2.17. The first-order valence-electron chi connectivity index (χ1n) is 7.02. The van der Waals surface area contributed by atoms with Gasteiger partial charge in [-0.15, -0.1) is 0 Å². The summed E-state index contributed by atoms with van der Waals surface area (Å²) in [5.74, 6) is 0.227. The van der Waals surface area contributed by atoms with Crippen molar-refractivity contribution in [2.75, 3.05) is 26.8 Å². The van der Waals surface area contributed by atoms with Gasteiger partial charge in [-0.3, -0.25) is 9.59 Å². The number of phenols is 1. The van der Waals surface area contributed by atoms with Crippen molar-refractivity contribution in [2.24, 2.45) is 0 Å². The molecule has 0 fully saturated rings. The second-order valence-electron chi connectivity index (χ2n) is 4.64. The molecule has 0 aliphatic carbocycles. The van der Waals surface area contributed by atoms with E-state index in [9.17, 15) is 9.59 Å². The summed E-state index contributed by atoms with van der Waals surface area (Å²) < 4.78 is 10.2. The highest BCUT2D eigenvalue weighted by atomic mass is 16.5. The average molecular weight is 310 g/mol. The molecule has 0 radical (unpaired) electrons. The van der Waals surface area contributed by atoms with Crippen LogP contribution < -0.4 is 15.4 Å². The predicted octanol–water partition coefficient (Wildman–Crippen LogP) is 0.428. The molecule has 0 aromatic heterocycles. The predicted molar refractivity (Wildman–Crippen MR) is 80.7 cm³/mol. The number of aromatic hydroxyl groups is 1. The van der Waals surface area contributed by atoms with Crippen LogP contribution in [0.15, 0.2) is 24.3 Å². The summed E-state index contributed by atoms with van der Waals surface area (Å²) in [6, 6.07) is 6.12. The number of hydrogen-bond acceptors (Lipinski definition) is 5. The minimum absolute atomic E-state index is 0.121. The number of amides is 2. The molecule has 0 aliphatic rings. The van der Waals surface area contributed by atoms with Gasteiger partial charge >= 0.3 is 0 Å². The summed E-state index contributed by atoms with van der Waals surface area (Å²) in [5.41, 5.74) is 0. The van der Waals surface area contributed by atoms with Crippen LogP contribution >= 0.6 is 0 Å². The second kappa shape index (κ2) is 9.62. The zero-order valence-corrected chi connectivity index (χ0v) is 12.8. The van der Waals surface area contributed by atoms with E-state index in [0.717, 1.165) is 0 Å². The van der Waals surface area contributed by atoms with Crippen molar-refractivity contribution >= 4 is 11.8 Å². The summed E-state index contributed by atoms with van der Waals surface area (Å²) in [5, 5.41) is 14.5.